The van der Waals surface area contributed by atoms with Crippen molar-refractivity contribution in [2.24, 2.45) is 0 Å². The fraction of sp³-hybridized carbons (Fsp3) is 0.211. The minimum absolute atomic E-state index is 0.177. The molecule has 0 aliphatic carbocycles. The fourth-order valence-corrected chi connectivity index (χ4v) is 2.75. The highest BCUT2D eigenvalue weighted by Crippen LogP contribution is 2.18. The number of para-hydroxylation sites is 1. The molecule has 0 saturated carbocycles. The van der Waals surface area contributed by atoms with Crippen LogP contribution in [0.4, 0.5) is 11.6 Å². The van der Waals surface area contributed by atoms with Crippen molar-refractivity contribution in [2.75, 3.05) is 23.3 Å². The van der Waals surface area contributed by atoms with Gasteiger partial charge < -0.3 is 15.0 Å². The molecular formula is C19H18N6O2. The maximum Gasteiger partial charge on any atom is 0.321 e. The second-order valence-corrected chi connectivity index (χ2v) is 6.09. The summed E-state index contributed by atoms with van der Waals surface area (Å²) in [5.41, 5.74) is 0.839. The van der Waals surface area contributed by atoms with Gasteiger partial charge in [-0.05, 0) is 25.0 Å². The van der Waals surface area contributed by atoms with Crippen LogP contribution in [-0.4, -0.2) is 38.9 Å². The topological polar surface area (TPSA) is 93.1 Å². The third-order valence-corrected chi connectivity index (χ3v) is 4.13. The number of benzene rings is 1. The molecule has 3 heterocycles. The zero-order chi connectivity index (χ0) is 18.5. The van der Waals surface area contributed by atoms with E-state index in [9.17, 15) is 4.79 Å². The summed E-state index contributed by atoms with van der Waals surface area (Å²) in [5.74, 6) is 0.986. The van der Waals surface area contributed by atoms with Crippen LogP contribution in [0.15, 0.2) is 55.1 Å². The van der Waals surface area contributed by atoms with Crippen LogP contribution in [-0.2, 0) is 0 Å². The SMILES string of the molecule is O=C(Nc1cnc(N2CCCC2)nc1)c1cnc(Oc2ccccc2)nc1. The lowest BCUT2D eigenvalue weighted by molar-refractivity contribution is 0.102. The average Bonchev–Trinajstić information content (AvgIpc) is 3.25. The summed E-state index contributed by atoms with van der Waals surface area (Å²) in [6.07, 6.45) is 8.36. The van der Waals surface area contributed by atoms with Gasteiger partial charge in [0.15, 0.2) is 0 Å². The smallest absolute Gasteiger partial charge is 0.321 e. The summed E-state index contributed by atoms with van der Waals surface area (Å²) in [5, 5.41) is 2.74. The molecule has 0 atom stereocenters. The van der Waals surface area contributed by atoms with Gasteiger partial charge in [0.25, 0.3) is 5.91 Å². The molecule has 27 heavy (non-hydrogen) atoms. The van der Waals surface area contributed by atoms with E-state index >= 15 is 0 Å². The molecule has 8 heteroatoms. The molecule has 1 aliphatic heterocycles. The van der Waals surface area contributed by atoms with Crippen LogP contribution in [0.3, 0.4) is 0 Å². The van der Waals surface area contributed by atoms with Crippen molar-refractivity contribution in [3.05, 3.63) is 60.7 Å². The Morgan fingerprint density at radius 3 is 2.26 bits per heavy atom. The molecule has 4 rings (SSSR count). The first kappa shape index (κ1) is 16.9. The molecule has 1 amide bonds. The lowest BCUT2D eigenvalue weighted by Crippen LogP contribution is -2.20. The number of hydrogen-bond acceptors (Lipinski definition) is 7. The standard InChI is InChI=1S/C19H18N6O2/c26-17(24-15-12-20-18(21-13-15)25-8-4-5-9-25)14-10-22-19(23-11-14)27-16-6-2-1-3-7-16/h1-3,6-7,10-13H,4-5,8-9H2,(H,24,26). The van der Waals surface area contributed by atoms with Crippen molar-refractivity contribution in [2.45, 2.75) is 12.8 Å². The molecule has 2 aromatic heterocycles. The summed E-state index contributed by atoms with van der Waals surface area (Å²) < 4.78 is 5.51. The second kappa shape index (κ2) is 7.77. The number of carbonyl (C=O) groups is 1. The third kappa shape index (κ3) is 4.17. The zero-order valence-electron chi connectivity index (χ0n) is 14.6. The largest absolute Gasteiger partial charge is 0.424 e. The molecular weight excluding hydrogens is 344 g/mol. The Hall–Kier alpha value is -3.55. The maximum atomic E-state index is 12.3. The molecule has 0 spiro atoms. The van der Waals surface area contributed by atoms with Crippen LogP contribution in [0.5, 0.6) is 11.8 Å². The Balaban J connectivity index is 1.37. The van der Waals surface area contributed by atoms with Gasteiger partial charge in [-0.15, -0.1) is 0 Å². The van der Waals surface area contributed by atoms with Gasteiger partial charge in [0.2, 0.25) is 5.95 Å². The number of nitrogens with one attached hydrogen (secondary N) is 1. The average molecular weight is 362 g/mol. The maximum absolute atomic E-state index is 12.3. The van der Waals surface area contributed by atoms with Crippen molar-refractivity contribution < 1.29 is 9.53 Å². The molecule has 1 fully saturated rings. The van der Waals surface area contributed by atoms with Crippen LogP contribution < -0.4 is 15.0 Å². The van der Waals surface area contributed by atoms with Crippen LogP contribution in [0.2, 0.25) is 0 Å². The first-order chi connectivity index (χ1) is 13.3. The van der Waals surface area contributed by atoms with E-state index in [1.165, 1.54) is 12.4 Å². The molecule has 0 radical (unpaired) electrons. The van der Waals surface area contributed by atoms with Gasteiger partial charge in [-0.25, -0.2) is 19.9 Å². The van der Waals surface area contributed by atoms with E-state index in [-0.39, 0.29) is 11.9 Å². The summed E-state index contributed by atoms with van der Waals surface area (Å²) in [6, 6.07) is 9.38. The van der Waals surface area contributed by atoms with Crippen LogP contribution >= 0.6 is 0 Å². The van der Waals surface area contributed by atoms with Gasteiger partial charge in [-0.3, -0.25) is 4.79 Å². The minimum atomic E-state index is -0.334. The van der Waals surface area contributed by atoms with E-state index in [1.54, 1.807) is 24.5 Å². The summed E-state index contributed by atoms with van der Waals surface area (Å²) >= 11 is 0. The fourth-order valence-electron chi connectivity index (χ4n) is 2.75. The van der Waals surface area contributed by atoms with Gasteiger partial charge >= 0.3 is 6.01 Å². The van der Waals surface area contributed by atoms with E-state index in [0.717, 1.165) is 25.9 Å². The number of aromatic nitrogens is 4. The summed E-state index contributed by atoms with van der Waals surface area (Å²) in [7, 11) is 0. The molecule has 1 N–H and O–H groups in total. The van der Waals surface area contributed by atoms with Crippen molar-refractivity contribution in [3.63, 3.8) is 0 Å². The van der Waals surface area contributed by atoms with Crippen molar-refractivity contribution >= 4 is 17.5 Å². The molecule has 1 saturated heterocycles. The number of amides is 1. The van der Waals surface area contributed by atoms with Gasteiger partial charge in [0.1, 0.15) is 5.75 Å². The molecule has 0 unspecified atom stereocenters. The van der Waals surface area contributed by atoms with Crippen molar-refractivity contribution in [1.82, 2.24) is 19.9 Å². The van der Waals surface area contributed by atoms with E-state index in [0.29, 0.717) is 22.9 Å². The Kier molecular flexibility index (Phi) is 4.86. The van der Waals surface area contributed by atoms with E-state index in [1.807, 2.05) is 18.2 Å². The summed E-state index contributed by atoms with van der Waals surface area (Å²) in [4.78, 5) is 31.2. The first-order valence-electron chi connectivity index (χ1n) is 8.71. The zero-order valence-corrected chi connectivity index (χ0v) is 14.6. The van der Waals surface area contributed by atoms with Crippen LogP contribution in [0.1, 0.15) is 23.2 Å². The monoisotopic (exact) mass is 362 g/mol. The highest BCUT2D eigenvalue weighted by atomic mass is 16.5. The molecule has 0 bridgehead atoms. The Morgan fingerprint density at radius 2 is 1.59 bits per heavy atom. The number of anilines is 2. The van der Waals surface area contributed by atoms with Gasteiger partial charge in [-0.2, -0.15) is 0 Å². The lowest BCUT2D eigenvalue weighted by Gasteiger charge is -2.14. The predicted molar refractivity (Wildman–Crippen MR) is 100.0 cm³/mol. The van der Waals surface area contributed by atoms with E-state index < -0.39 is 0 Å². The number of rotatable bonds is 5. The van der Waals surface area contributed by atoms with Crippen molar-refractivity contribution in [3.8, 4) is 11.8 Å². The van der Waals surface area contributed by atoms with E-state index in [2.05, 4.69) is 30.2 Å². The molecule has 1 aliphatic rings. The summed E-state index contributed by atoms with van der Waals surface area (Å²) in [6.45, 7) is 1.95. The lowest BCUT2D eigenvalue weighted by atomic mass is 10.3. The highest BCUT2D eigenvalue weighted by Gasteiger charge is 2.15. The highest BCUT2D eigenvalue weighted by molar-refractivity contribution is 6.03. The first-order valence-corrected chi connectivity index (χ1v) is 8.71. The Bertz CT molecular complexity index is 894. The molecule has 1 aromatic carbocycles. The van der Waals surface area contributed by atoms with Gasteiger partial charge in [0.05, 0.1) is 23.6 Å². The Morgan fingerprint density at radius 1 is 0.926 bits per heavy atom. The molecule has 8 nitrogen and oxygen atoms in total. The van der Waals surface area contributed by atoms with E-state index in [4.69, 9.17) is 4.74 Å². The number of ether oxygens (including phenoxy) is 1. The second-order valence-electron chi connectivity index (χ2n) is 6.09. The van der Waals surface area contributed by atoms with Gasteiger partial charge in [0, 0.05) is 25.5 Å². The number of carbonyl (C=O) groups excluding carboxylic acids is 1. The number of hydrogen-bond donors (Lipinski definition) is 1. The molecule has 136 valence electrons. The quantitative estimate of drug-likeness (QED) is 0.746. The minimum Gasteiger partial charge on any atom is -0.424 e. The number of nitrogens with zero attached hydrogens (tertiary/aromatic N) is 5. The normalized spacial score (nSPS) is 13.4. The van der Waals surface area contributed by atoms with Crippen LogP contribution in [0, 0.1) is 0 Å². The Labute approximate surface area is 156 Å². The third-order valence-electron chi connectivity index (χ3n) is 4.13. The van der Waals surface area contributed by atoms with Crippen molar-refractivity contribution in [1.29, 1.82) is 0 Å². The van der Waals surface area contributed by atoms with Crippen LogP contribution in [0.25, 0.3) is 0 Å². The molecule has 3 aromatic rings. The predicted octanol–water partition coefficient (Wildman–Crippen LogP) is 2.91. The van der Waals surface area contributed by atoms with Gasteiger partial charge in [-0.1, -0.05) is 18.2 Å².